The highest BCUT2D eigenvalue weighted by Gasteiger charge is 2.67. The molecule has 1 heterocycles. The molecule has 9 nitrogen and oxygen atoms in total. The lowest BCUT2D eigenvalue weighted by atomic mass is 9.54. The first-order valence-electron chi connectivity index (χ1n) is 14.0. The third-order valence-corrected chi connectivity index (χ3v) is 9.00. The number of aromatic hydroxyl groups is 1. The van der Waals surface area contributed by atoms with Gasteiger partial charge in [0.25, 0.3) is 5.88 Å². The van der Waals surface area contributed by atoms with Crippen LogP contribution in [0.4, 0.5) is 4.39 Å². The Hall–Kier alpha value is -3.89. The molecule has 1 fully saturated rings. The third kappa shape index (κ3) is 3.95. The Morgan fingerprint density at radius 2 is 1.83 bits per heavy atom. The quantitative estimate of drug-likeness (QED) is 0.439. The molecule has 2 aromatic carbocycles. The number of halogens is 1. The number of aromatic nitrogens is 1. The lowest BCUT2D eigenvalue weighted by Crippen LogP contribution is -2.66. The molecule has 0 spiro atoms. The molecule has 0 radical (unpaired) electrons. The molecule has 1 unspecified atom stereocenters. The molecule has 0 saturated heterocycles. The summed E-state index contributed by atoms with van der Waals surface area (Å²) in [6, 6.07) is 9.73. The van der Waals surface area contributed by atoms with Gasteiger partial charge in [-0.05, 0) is 60.6 Å². The van der Waals surface area contributed by atoms with Gasteiger partial charge >= 0.3 is 0 Å². The number of ketones is 3. The lowest BCUT2D eigenvalue weighted by molar-refractivity contribution is -0.153. The second kappa shape index (κ2) is 9.57. The number of hydrogen-bond acceptors (Lipinski definition) is 9. The van der Waals surface area contributed by atoms with Crippen LogP contribution in [0.25, 0.3) is 0 Å². The zero-order valence-corrected chi connectivity index (χ0v) is 24.1. The normalized spacial score (nSPS) is 26.9. The molecule has 3 aromatic rings. The molecule has 3 aliphatic carbocycles. The summed E-state index contributed by atoms with van der Waals surface area (Å²) in [5, 5.41) is 27.2. The summed E-state index contributed by atoms with van der Waals surface area (Å²) < 4.78 is 26.7. The van der Waals surface area contributed by atoms with Crippen molar-refractivity contribution in [2.24, 2.45) is 17.8 Å². The van der Waals surface area contributed by atoms with Gasteiger partial charge < -0.3 is 19.5 Å². The monoisotopic (exact) mass is 576 g/mol. The summed E-state index contributed by atoms with van der Waals surface area (Å²) in [5.41, 5.74) is -2.53. The Labute approximate surface area is 242 Å². The van der Waals surface area contributed by atoms with Crippen molar-refractivity contribution in [3.63, 3.8) is 0 Å². The van der Waals surface area contributed by atoms with Crippen LogP contribution in [-0.2, 0) is 23.2 Å². The topological polar surface area (TPSA) is 130 Å². The number of nitrogens with zero attached hydrogens (tertiary/aromatic N) is 2. The van der Waals surface area contributed by atoms with Crippen molar-refractivity contribution in [2.75, 3.05) is 14.1 Å². The van der Waals surface area contributed by atoms with Gasteiger partial charge in [0.1, 0.15) is 23.7 Å². The number of Topliss-reactive ketones (excluding diaryl/α,β-unsaturated/α-hetero) is 3. The first-order chi connectivity index (χ1) is 19.8. The van der Waals surface area contributed by atoms with Crippen molar-refractivity contribution in [2.45, 2.75) is 57.3 Å². The van der Waals surface area contributed by atoms with E-state index in [-0.39, 0.29) is 47.8 Å². The minimum atomic E-state index is -2.56. The molecule has 1 saturated carbocycles. The van der Waals surface area contributed by atoms with Crippen LogP contribution in [0.1, 0.15) is 76.4 Å². The van der Waals surface area contributed by atoms with Crippen molar-refractivity contribution in [1.29, 1.82) is 0 Å². The fourth-order valence-electron chi connectivity index (χ4n) is 7.20. The largest absolute Gasteiger partial charge is 0.507 e. The predicted octanol–water partition coefficient (Wildman–Crippen LogP) is 4.19. The highest BCUT2D eigenvalue weighted by Crippen LogP contribution is 2.56. The molecule has 3 aliphatic rings. The molecule has 10 heteroatoms. The molecule has 0 aliphatic heterocycles. The summed E-state index contributed by atoms with van der Waals surface area (Å²) in [5.74, 6) is -6.63. The standard InChI is InChI=1S/C32H33FN2O7/c1-31(2,3)23-19(33)13-17-11-16-12-18-24(35(4)5)27-22(30(34-42-27)41-14-15-9-7-6-8-10-15)29(39)32(18,40)28(38)21(16)25(36)20(17)26(23)37/h6-10,13,16,18,21,24,37,40H,11-12,14H2,1-5H3/t16-,18-,21?,24-,32-/m0/s1. The summed E-state index contributed by atoms with van der Waals surface area (Å²) in [7, 11) is 3.47. The van der Waals surface area contributed by atoms with Crippen molar-refractivity contribution >= 4 is 17.3 Å². The Morgan fingerprint density at radius 1 is 1.14 bits per heavy atom. The Kier molecular flexibility index (Phi) is 6.43. The lowest BCUT2D eigenvalue weighted by Gasteiger charge is -2.51. The number of phenolic OH excluding ortho intramolecular Hbond substituents is 1. The summed E-state index contributed by atoms with van der Waals surface area (Å²) in [4.78, 5) is 44.0. The fourth-order valence-corrected chi connectivity index (χ4v) is 7.20. The van der Waals surface area contributed by atoms with E-state index in [4.69, 9.17) is 9.26 Å². The minimum Gasteiger partial charge on any atom is -0.507 e. The number of rotatable bonds is 4. The number of fused-ring (bicyclic) bond motifs is 4. The average Bonchev–Trinajstić information content (AvgIpc) is 3.32. The number of aliphatic hydroxyl groups is 1. The van der Waals surface area contributed by atoms with Crippen LogP contribution in [0.15, 0.2) is 40.9 Å². The van der Waals surface area contributed by atoms with E-state index < -0.39 is 63.7 Å². The Balaban J connectivity index is 1.43. The maximum Gasteiger partial charge on any atom is 0.265 e. The van der Waals surface area contributed by atoms with Crippen LogP contribution in [0.3, 0.4) is 0 Å². The third-order valence-electron chi connectivity index (χ3n) is 9.00. The van der Waals surface area contributed by atoms with Gasteiger partial charge in [0.05, 0.1) is 17.5 Å². The molecule has 5 atom stereocenters. The van der Waals surface area contributed by atoms with Gasteiger partial charge in [-0.2, -0.15) is 0 Å². The summed E-state index contributed by atoms with van der Waals surface area (Å²) >= 11 is 0. The van der Waals surface area contributed by atoms with Gasteiger partial charge in [0, 0.05) is 11.5 Å². The highest BCUT2D eigenvalue weighted by molar-refractivity contribution is 6.26. The van der Waals surface area contributed by atoms with E-state index in [0.29, 0.717) is 5.56 Å². The van der Waals surface area contributed by atoms with Crippen molar-refractivity contribution in [3.05, 3.63) is 75.8 Å². The molecule has 220 valence electrons. The summed E-state index contributed by atoms with van der Waals surface area (Å²) in [6.07, 6.45) is 0.235. The fraction of sp³-hybridized carbons (Fsp3) is 0.438. The predicted molar refractivity (Wildman–Crippen MR) is 148 cm³/mol. The van der Waals surface area contributed by atoms with E-state index in [1.807, 2.05) is 30.3 Å². The number of carbonyl (C=O) groups excluding carboxylic acids is 3. The molecule has 6 rings (SSSR count). The first-order valence-corrected chi connectivity index (χ1v) is 14.0. The smallest absolute Gasteiger partial charge is 0.265 e. The van der Waals surface area contributed by atoms with Gasteiger partial charge in [-0.3, -0.25) is 19.3 Å². The van der Waals surface area contributed by atoms with E-state index in [0.717, 1.165) is 5.56 Å². The highest BCUT2D eigenvalue weighted by atomic mass is 19.1. The van der Waals surface area contributed by atoms with Crippen LogP contribution < -0.4 is 4.74 Å². The number of carbonyl (C=O) groups is 3. The van der Waals surface area contributed by atoms with Gasteiger partial charge in [-0.1, -0.05) is 51.1 Å². The molecule has 1 aromatic heterocycles. The molecular formula is C32H33FN2O7. The molecule has 2 N–H and O–H groups in total. The maximum atomic E-state index is 15.2. The van der Waals surface area contributed by atoms with E-state index in [1.165, 1.54) is 6.07 Å². The number of phenols is 1. The van der Waals surface area contributed by atoms with Gasteiger partial charge in [-0.15, -0.1) is 0 Å². The Morgan fingerprint density at radius 3 is 2.48 bits per heavy atom. The molecule has 0 bridgehead atoms. The number of benzene rings is 2. The second-order valence-electron chi connectivity index (χ2n) is 12.9. The van der Waals surface area contributed by atoms with Crippen molar-refractivity contribution in [1.82, 2.24) is 10.1 Å². The first kappa shape index (κ1) is 28.2. The van der Waals surface area contributed by atoms with E-state index >= 15 is 4.39 Å². The van der Waals surface area contributed by atoms with Crippen LogP contribution in [0.2, 0.25) is 0 Å². The molecule has 42 heavy (non-hydrogen) atoms. The van der Waals surface area contributed by atoms with Crippen LogP contribution in [0.5, 0.6) is 11.6 Å². The van der Waals surface area contributed by atoms with E-state index in [1.54, 1.807) is 39.8 Å². The van der Waals surface area contributed by atoms with E-state index in [2.05, 4.69) is 5.16 Å². The van der Waals surface area contributed by atoms with E-state index in [9.17, 15) is 24.6 Å². The van der Waals surface area contributed by atoms with Crippen molar-refractivity contribution < 1.29 is 38.2 Å². The zero-order chi connectivity index (χ0) is 30.3. The van der Waals surface area contributed by atoms with Gasteiger partial charge in [-0.25, -0.2) is 4.39 Å². The van der Waals surface area contributed by atoms with Gasteiger partial charge in [0.15, 0.2) is 22.9 Å². The number of ether oxygens (including phenoxy) is 1. The zero-order valence-electron chi connectivity index (χ0n) is 24.1. The van der Waals surface area contributed by atoms with Crippen LogP contribution in [0, 0.1) is 23.6 Å². The van der Waals surface area contributed by atoms with Crippen molar-refractivity contribution in [3.8, 4) is 11.6 Å². The Bertz CT molecular complexity index is 1620. The minimum absolute atomic E-state index is 0.0244. The number of hydrogen-bond donors (Lipinski definition) is 2. The van der Waals surface area contributed by atoms with Crippen LogP contribution >= 0.6 is 0 Å². The average molecular weight is 577 g/mol. The second-order valence-corrected chi connectivity index (χ2v) is 12.9. The summed E-state index contributed by atoms with van der Waals surface area (Å²) in [6.45, 7) is 5.20. The van der Waals surface area contributed by atoms with Crippen LogP contribution in [-0.4, -0.2) is 57.3 Å². The maximum absolute atomic E-state index is 15.2. The molecule has 0 amide bonds. The SMILES string of the molecule is CN(C)[C@@H]1c2onc(OCc3ccccc3)c2C(=O)[C@@]2(O)C(=O)C3C(=O)c4c(cc(F)c(C(C)(C)C)c4O)C[C@H]3C[C@@H]12. The van der Waals surface area contributed by atoms with Gasteiger partial charge in [0.2, 0.25) is 5.78 Å². The molecular weight excluding hydrogens is 543 g/mol.